The van der Waals surface area contributed by atoms with Crippen LogP contribution in [0.2, 0.25) is 0 Å². The van der Waals surface area contributed by atoms with Crippen molar-refractivity contribution in [2.24, 2.45) is 7.05 Å². The third-order valence-electron chi connectivity index (χ3n) is 4.72. The molecule has 2 aromatic carbocycles. The van der Waals surface area contributed by atoms with Crippen molar-refractivity contribution in [3.63, 3.8) is 0 Å². The number of carbonyl (C=O) groups excluding carboxylic acids is 1. The minimum Gasteiger partial charge on any atom is -0.317 e. The number of pyridine rings is 1. The average Bonchev–Trinajstić information content (AvgIpc) is 3.01. The van der Waals surface area contributed by atoms with E-state index in [4.69, 9.17) is 0 Å². The number of nitrogens with one attached hydrogen (secondary N) is 1. The Kier molecular flexibility index (Phi) is 4.65. The van der Waals surface area contributed by atoms with E-state index in [0.717, 1.165) is 4.68 Å². The van der Waals surface area contributed by atoms with Crippen molar-refractivity contribution >= 4 is 17.1 Å². The Hall–Kier alpha value is -3.88. The Bertz CT molecular complexity index is 1330. The SMILES string of the molecule is Cn1c(=O)c(C(=O)Nc2c(F)c(F)c(-c3ccccc3)c(F)c2F)c2ccccn21. The first-order chi connectivity index (χ1) is 14.3. The number of benzene rings is 2. The van der Waals surface area contributed by atoms with E-state index < -0.39 is 51.5 Å². The van der Waals surface area contributed by atoms with Crippen LogP contribution in [-0.2, 0) is 7.05 Å². The van der Waals surface area contributed by atoms with Crippen LogP contribution in [0.15, 0.2) is 59.5 Å². The van der Waals surface area contributed by atoms with Crippen LogP contribution < -0.4 is 10.9 Å². The molecule has 4 aromatic rings. The Balaban J connectivity index is 1.83. The third-order valence-corrected chi connectivity index (χ3v) is 4.72. The summed E-state index contributed by atoms with van der Waals surface area (Å²) in [7, 11) is 1.39. The van der Waals surface area contributed by atoms with Crippen molar-refractivity contribution in [1.82, 2.24) is 9.20 Å². The highest BCUT2D eigenvalue weighted by Crippen LogP contribution is 2.34. The molecule has 4 rings (SSSR count). The Labute approximate surface area is 166 Å². The molecular weight excluding hydrogens is 402 g/mol. The first-order valence-electron chi connectivity index (χ1n) is 8.72. The molecule has 0 unspecified atom stereocenters. The molecule has 2 heterocycles. The minimum atomic E-state index is -1.78. The maximum atomic E-state index is 14.6. The van der Waals surface area contributed by atoms with E-state index in [9.17, 15) is 27.2 Å². The van der Waals surface area contributed by atoms with Gasteiger partial charge in [0.1, 0.15) is 11.3 Å². The van der Waals surface area contributed by atoms with Crippen molar-refractivity contribution in [1.29, 1.82) is 0 Å². The molecule has 1 amide bonds. The number of aromatic nitrogens is 2. The molecular formula is C21H13F4N3O2. The van der Waals surface area contributed by atoms with Crippen LogP contribution in [0.5, 0.6) is 0 Å². The van der Waals surface area contributed by atoms with E-state index in [2.05, 4.69) is 0 Å². The fraction of sp³-hybridized carbons (Fsp3) is 0.0476. The van der Waals surface area contributed by atoms with Crippen molar-refractivity contribution in [2.45, 2.75) is 0 Å². The van der Waals surface area contributed by atoms with E-state index >= 15 is 0 Å². The minimum absolute atomic E-state index is 0.0736. The molecule has 0 bridgehead atoms. The molecule has 0 atom stereocenters. The van der Waals surface area contributed by atoms with Gasteiger partial charge < -0.3 is 5.32 Å². The number of fused-ring (bicyclic) bond motifs is 1. The predicted octanol–water partition coefficient (Wildman–Crippen LogP) is 4.11. The average molecular weight is 415 g/mol. The largest absolute Gasteiger partial charge is 0.317 e. The molecule has 2 aromatic heterocycles. The van der Waals surface area contributed by atoms with E-state index in [1.54, 1.807) is 23.5 Å². The molecule has 1 N–H and O–H groups in total. The number of hydrogen-bond acceptors (Lipinski definition) is 2. The van der Waals surface area contributed by atoms with Gasteiger partial charge in [0.15, 0.2) is 23.3 Å². The summed E-state index contributed by atoms with van der Waals surface area (Å²) in [4.78, 5) is 25.0. The van der Waals surface area contributed by atoms with Crippen LogP contribution in [0, 0.1) is 23.3 Å². The van der Waals surface area contributed by atoms with E-state index in [-0.39, 0.29) is 11.1 Å². The highest BCUT2D eigenvalue weighted by atomic mass is 19.2. The van der Waals surface area contributed by atoms with Gasteiger partial charge >= 0.3 is 0 Å². The molecule has 0 radical (unpaired) electrons. The van der Waals surface area contributed by atoms with Crippen molar-refractivity contribution in [3.05, 3.63) is 93.9 Å². The normalized spacial score (nSPS) is 11.1. The van der Waals surface area contributed by atoms with Gasteiger partial charge in [-0.1, -0.05) is 36.4 Å². The van der Waals surface area contributed by atoms with Gasteiger partial charge in [-0.15, -0.1) is 0 Å². The van der Waals surface area contributed by atoms with Crippen molar-refractivity contribution in [3.8, 4) is 11.1 Å². The molecule has 0 spiro atoms. The molecule has 5 nitrogen and oxygen atoms in total. The van der Waals surface area contributed by atoms with Gasteiger partial charge in [0.05, 0.1) is 11.1 Å². The summed E-state index contributed by atoms with van der Waals surface area (Å²) >= 11 is 0. The second kappa shape index (κ2) is 7.18. The number of halogens is 4. The second-order valence-corrected chi connectivity index (χ2v) is 6.46. The second-order valence-electron chi connectivity index (χ2n) is 6.46. The lowest BCUT2D eigenvalue weighted by molar-refractivity contribution is 0.102. The summed E-state index contributed by atoms with van der Waals surface area (Å²) in [6.07, 6.45) is 1.50. The van der Waals surface area contributed by atoms with Crippen LogP contribution in [-0.4, -0.2) is 15.1 Å². The third kappa shape index (κ3) is 2.86. The van der Waals surface area contributed by atoms with Crippen molar-refractivity contribution in [2.75, 3.05) is 5.32 Å². The topological polar surface area (TPSA) is 55.5 Å². The maximum Gasteiger partial charge on any atom is 0.280 e. The zero-order valence-corrected chi connectivity index (χ0v) is 15.4. The molecule has 0 saturated carbocycles. The summed E-state index contributed by atoms with van der Waals surface area (Å²) < 4.78 is 60.8. The zero-order chi connectivity index (χ0) is 21.6. The smallest absolute Gasteiger partial charge is 0.280 e. The summed E-state index contributed by atoms with van der Waals surface area (Å²) in [5.74, 6) is -8.08. The Morgan fingerprint density at radius 2 is 1.47 bits per heavy atom. The van der Waals surface area contributed by atoms with Gasteiger partial charge in [0.25, 0.3) is 11.5 Å². The van der Waals surface area contributed by atoms with Crippen LogP contribution in [0.25, 0.3) is 16.6 Å². The van der Waals surface area contributed by atoms with Crippen LogP contribution >= 0.6 is 0 Å². The lowest BCUT2D eigenvalue weighted by atomic mass is 10.0. The Morgan fingerprint density at radius 1 is 0.867 bits per heavy atom. The fourth-order valence-corrected chi connectivity index (χ4v) is 3.25. The number of carbonyl (C=O) groups is 1. The summed E-state index contributed by atoms with van der Waals surface area (Å²) in [6, 6.07) is 11.7. The van der Waals surface area contributed by atoms with Crippen LogP contribution in [0.3, 0.4) is 0 Å². The molecule has 30 heavy (non-hydrogen) atoms. The first-order valence-corrected chi connectivity index (χ1v) is 8.72. The molecule has 0 fully saturated rings. The quantitative estimate of drug-likeness (QED) is 0.404. The van der Waals surface area contributed by atoms with Gasteiger partial charge in [-0.2, -0.15) is 0 Å². The lowest BCUT2D eigenvalue weighted by Crippen LogP contribution is -2.24. The van der Waals surface area contributed by atoms with Gasteiger partial charge in [0.2, 0.25) is 0 Å². The molecule has 0 saturated heterocycles. The van der Waals surface area contributed by atoms with E-state index in [0.29, 0.717) is 0 Å². The monoisotopic (exact) mass is 415 g/mol. The molecule has 9 heteroatoms. The predicted molar refractivity (Wildman–Crippen MR) is 102 cm³/mol. The zero-order valence-electron chi connectivity index (χ0n) is 15.4. The molecule has 0 aliphatic carbocycles. The van der Waals surface area contributed by atoms with Gasteiger partial charge in [0, 0.05) is 13.2 Å². The molecule has 0 aliphatic heterocycles. The van der Waals surface area contributed by atoms with E-state index in [1.807, 2.05) is 0 Å². The number of aryl methyl sites for hydroxylation is 1. The lowest BCUT2D eigenvalue weighted by Gasteiger charge is -2.13. The standard InChI is InChI=1S/C21H13F4N3O2/c1-27-21(30)14(12-9-5-6-10-28(12)27)20(29)26-19-17(24)15(22)13(16(23)18(19)25)11-7-3-2-4-8-11/h2-10H,1H3,(H,26,29). The van der Waals surface area contributed by atoms with Gasteiger partial charge in [-0.3, -0.25) is 14.1 Å². The number of rotatable bonds is 3. The van der Waals surface area contributed by atoms with Crippen molar-refractivity contribution < 1.29 is 22.4 Å². The fourth-order valence-electron chi connectivity index (χ4n) is 3.25. The molecule has 0 aliphatic rings. The van der Waals surface area contributed by atoms with Crippen LogP contribution in [0.1, 0.15) is 10.4 Å². The maximum absolute atomic E-state index is 14.6. The van der Waals surface area contributed by atoms with Crippen LogP contribution in [0.4, 0.5) is 23.2 Å². The Morgan fingerprint density at radius 3 is 2.10 bits per heavy atom. The summed E-state index contributed by atoms with van der Waals surface area (Å²) in [6.45, 7) is 0. The summed E-state index contributed by atoms with van der Waals surface area (Å²) in [5, 5.41) is 1.81. The van der Waals surface area contributed by atoms with Gasteiger partial charge in [-0.25, -0.2) is 22.2 Å². The highest BCUT2D eigenvalue weighted by Gasteiger charge is 2.29. The molecule has 152 valence electrons. The van der Waals surface area contributed by atoms with Gasteiger partial charge in [-0.05, 0) is 17.7 Å². The number of nitrogens with zero attached hydrogens (tertiary/aromatic N) is 2. The van der Waals surface area contributed by atoms with E-state index in [1.165, 1.54) is 48.1 Å². The number of amides is 1. The first kappa shape index (κ1) is 19.4. The number of hydrogen-bond donors (Lipinski definition) is 1. The summed E-state index contributed by atoms with van der Waals surface area (Å²) in [5.41, 5.74) is -3.30. The number of anilines is 1. The highest BCUT2D eigenvalue weighted by molar-refractivity contribution is 6.09.